The molecule has 0 radical (unpaired) electrons. The molecule has 0 aliphatic heterocycles. The third kappa shape index (κ3) is 3.46. The average Bonchev–Trinajstić information content (AvgIpc) is 2.73. The van der Waals surface area contributed by atoms with Gasteiger partial charge in [0.15, 0.2) is 11.6 Å². The molecule has 0 unspecified atom stereocenters. The van der Waals surface area contributed by atoms with Gasteiger partial charge in [0.25, 0.3) is 5.56 Å². The molecule has 0 fully saturated rings. The molecule has 1 aromatic heterocycles. The van der Waals surface area contributed by atoms with E-state index in [0.29, 0.717) is 22.4 Å². The quantitative estimate of drug-likeness (QED) is 0.492. The summed E-state index contributed by atoms with van der Waals surface area (Å²) in [4.78, 5) is 31.2. The predicted octanol–water partition coefficient (Wildman–Crippen LogP) is 3.85. The Bertz CT molecular complexity index is 1380. The maximum atomic E-state index is 13.9. The Labute approximate surface area is 172 Å². The third-order valence-corrected chi connectivity index (χ3v) is 4.71. The number of hydrogen-bond donors (Lipinski definition) is 0. The fraction of sp³-hybridized carbons (Fsp3) is 0.0476. The van der Waals surface area contributed by atoms with Crippen LogP contribution < -0.4 is 16.1 Å². The lowest BCUT2D eigenvalue weighted by molar-refractivity contribution is 0.0789. The molecular weight excluding hydrogens is 421 g/mol. The van der Waals surface area contributed by atoms with Crippen LogP contribution >= 0.6 is 11.6 Å². The molecule has 9 heteroatoms. The zero-order valence-electron chi connectivity index (χ0n) is 15.1. The highest BCUT2D eigenvalue weighted by Gasteiger charge is 2.19. The Balaban J connectivity index is 1.98. The van der Waals surface area contributed by atoms with Gasteiger partial charge in [-0.3, -0.25) is 9.36 Å². The van der Waals surface area contributed by atoms with Crippen LogP contribution in [0.2, 0.25) is 5.02 Å². The molecule has 0 spiro atoms. The summed E-state index contributed by atoms with van der Waals surface area (Å²) in [5.74, 6) is -3.26. The second-order valence-electron chi connectivity index (χ2n) is 6.36. The highest BCUT2D eigenvalue weighted by atomic mass is 35.5. The van der Waals surface area contributed by atoms with Crippen molar-refractivity contribution in [1.82, 2.24) is 9.30 Å². The molecule has 0 saturated carbocycles. The first-order valence-corrected chi connectivity index (χ1v) is 9.04. The van der Waals surface area contributed by atoms with E-state index in [4.69, 9.17) is 16.4 Å². The van der Waals surface area contributed by atoms with E-state index in [-0.39, 0.29) is 28.2 Å². The Morgan fingerprint density at radius 2 is 1.57 bits per heavy atom. The first-order chi connectivity index (χ1) is 14.4. The van der Waals surface area contributed by atoms with E-state index in [9.17, 15) is 22.8 Å². The van der Waals surface area contributed by atoms with Crippen LogP contribution in [0.3, 0.4) is 0 Å². The smallest absolute Gasteiger partial charge is 0.369 e. The maximum absolute atomic E-state index is 13.9. The van der Waals surface area contributed by atoms with Crippen LogP contribution in [0.1, 0.15) is 5.56 Å². The summed E-state index contributed by atoms with van der Waals surface area (Å²) in [5.41, 5.74) is -1.46. The van der Waals surface area contributed by atoms with Crippen LogP contribution in [0.4, 0.5) is 13.2 Å². The second-order valence-corrected chi connectivity index (χ2v) is 6.77. The Morgan fingerprint density at radius 3 is 2.27 bits per heavy atom. The van der Waals surface area contributed by atoms with Crippen LogP contribution in [0.15, 0.2) is 70.3 Å². The summed E-state index contributed by atoms with van der Waals surface area (Å²) in [7, 11) is 0. The largest absolute Gasteiger partial charge is 0.401 e. The van der Waals surface area contributed by atoms with Gasteiger partial charge in [0.1, 0.15) is 12.4 Å². The van der Waals surface area contributed by atoms with E-state index in [0.717, 1.165) is 16.7 Å². The molecular formula is C21H12ClF3N2O3. The van der Waals surface area contributed by atoms with Crippen molar-refractivity contribution in [3.63, 3.8) is 0 Å². The molecule has 0 N–H and O–H groups in total. The molecule has 30 heavy (non-hydrogen) atoms. The van der Waals surface area contributed by atoms with Gasteiger partial charge in [-0.15, -0.1) is 0 Å². The lowest BCUT2D eigenvalue weighted by atomic mass is 10.2. The number of benzene rings is 3. The van der Waals surface area contributed by atoms with E-state index >= 15 is 0 Å². The summed E-state index contributed by atoms with van der Waals surface area (Å²) in [5, 5.41) is -0.597. The van der Waals surface area contributed by atoms with E-state index in [1.54, 1.807) is 30.3 Å². The number of aromatic nitrogens is 2. The van der Waals surface area contributed by atoms with Gasteiger partial charge in [-0.25, -0.2) is 18.0 Å². The molecule has 0 aliphatic carbocycles. The Hall–Kier alpha value is -3.52. The maximum Gasteiger partial charge on any atom is 0.369 e. The zero-order valence-corrected chi connectivity index (χ0v) is 15.9. The molecule has 5 nitrogen and oxygen atoms in total. The third-order valence-electron chi connectivity index (χ3n) is 4.42. The summed E-state index contributed by atoms with van der Waals surface area (Å²) in [6, 6.07) is 13.5. The molecule has 1 heterocycles. The van der Waals surface area contributed by atoms with Gasteiger partial charge >= 0.3 is 5.69 Å². The molecule has 0 bridgehead atoms. The molecule has 0 amide bonds. The van der Waals surface area contributed by atoms with E-state index < -0.39 is 28.7 Å². The molecule has 152 valence electrons. The summed E-state index contributed by atoms with van der Waals surface area (Å²) < 4.78 is 42.7. The van der Waals surface area contributed by atoms with Crippen LogP contribution in [0.5, 0.6) is 0 Å². The number of fused-ring (bicyclic) bond motifs is 1. The van der Waals surface area contributed by atoms with Crippen molar-refractivity contribution >= 4 is 22.5 Å². The number of nitrogens with zero attached hydrogens (tertiary/aromatic N) is 2. The van der Waals surface area contributed by atoms with E-state index in [1.165, 1.54) is 6.07 Å². The van der Waals surface area contributed by atoms with Crippen LogP contribution in [-0.4, -0.2) is 9.30 Å². The summed E-state index contributed by atoms with van der Waals surface area (Å²) in [6.07, 6.45) is 0. The first kappa shape index (κ1) is 19.8. The topological polar surface area (TPSA) is 53.2 Å². The van der Waals surface area contributed by atoms with Crippen molar-refractivity contribution < 1.29 is 18.0 Å². The highest BCUT2D eigenvalue weighted by molar-refractivity contribution is 6.30. The molecule has 0 atom stereocenters. The minimum atomic E-state index is -1.27. The minimum absolute atomic E-state index is 0.0412. The lowest BCUT2D eigenvalue weighted by Gasteiger charge is -2.15. The fourth-order valence-corrected chi connectivity index (χ4v) is 3.16. The molecule has 0 aliphatic rings. The standard InChI is InChI=1S/C21H12ClF3N2O3/c22-15-8-13(6-7-16(15)23)26-19-10-18(25)17(24)9-14(19)20(28)27(21(26)29)30-11-12-4-2-1-3-5-12/h1-10H,11H2. The van der Waals surface area contributed by atoms with Crippen LogP contribution in [0.25, 0.3) is 16.6 Å². The van der Waals surface area contributed by atoms with E-state index in [1.807, 2.05) is 0 Å². The van der Waals surface area contributed by atoms with Crippen LogP contribution in [-0.2, 0) is 6.61 Å². The molecule has 4 rings (SSSR count). The minimum Gasteiger partial charge on any atom is -0.401 e. The van der Waals surface area contributed by atoms with Crippen LogP contribution in [0, 0.1) is 17.5 Å². The van der Waals surface area contributed by atoms with Gasteiger partial charge in [-0.05, 0) is 29.8 Å². The fourth-order valence-electron chi connectivity index (χ4n) is 2.98. The molecule has 4 aromatic rings. The van der Waals surface area contributed by atoms with Gasteiger partial charge in [-0.2, -0.15) is 0 Å². The van der Waals surface area contributed by atoms with Crippen molar-refractivity contribution in [2.24, 2.45) is 0 Å². The van der Waals surface area contributed by atoms with Crippen molar-refractivity contribution in [2.45, 2.75) is 6.61 Å². The zero-order chi connectivity index (χ0) is 21.4. The van der Waals surface area contributed by atoms with Gasteiger partial charge in [0.05, 0.1) is 21.6 Å². The normalized spacial score (nSPS) is 11.1. The van der Waals surface area contributed by atoms with Gasteiger partial charge < -0.3 is 4.84 Å². The number of rotatable bonds is 4. The highest BCUT2D eigenvalue weighted by Crippen LogP contribution is 2.22. The molecule has 0 saturated heterocycles. The van der Waals surface area contributed by atoms with Crippen molar-refractivity contribution in [2.75, 3.05) is 0 Å². The Kier molecular flexibility index (Phi) is 5.09. The average molecular weight is 433 g/mol. The number of halogens is 4. The van der Waals surface area contributed by atoms with Crippen molar-refractivity contribution in [1.29, 1.82) is 0 Å². The first-order valence-electron chi connectivity index (χ1n) is 8.66. The lowest BCUT2D eigenvalue weighted by Crippen LogP contribution is -2.43. The molecule has 3 aromatic carbocycles. The summed E-state index contributed by atoms with van der Waals surface area (Å²) >= 11 is 5.81. The van der Waals surface area contributed by atoms with Gasteiger partial charge in [0, 0.05) is 6.07 Å². The Morgan fingerprint density at radius 1 is 0.867 bits per heavy atom. The van der Waals surface area contributed by atoms with Crippen molar-refractivity contribution in [3.8, 4) is 5.69 Å². The van der Waals surface area contributed by atoms with Gasteiger partial charge in [0.2, 0.25) is 0 Å². The summed E-state index contributed by atoms with van der Waals surface area (Å²) in [6.45, 7) is -0.130. The predicted molar refractivity (Wildman–Crippen MR) is 105 cm³/mol. The van der Waals surface area contributed by atoms with Gasteiger partial charge in [-0.1, -0.05) is 46.7 Å². The van der Waals surface area contributed by atoms with Crippen molar-refractivity contribution in [3.05, 3.63) is 110 Å². The van der Waals surface area contributed by atoms with E-state index in [2.05, 4.69) is 0 Å². The SMILES string of the molecule is O=c1c2cc(F)c(F)cc2n(-c2ccc(F)c(Cl)c2)c(=O)n1OCc1ccccc1. The second kappa shape index (κ2) is 7.72. The number of hydrogen-bond acceptors (Lipinski definition) is 3. The monoisotopic (exact) mass is 432 g/mol.